The van der Waals surface area contributed by atoms with Crippen LogP contribution in [0.2, 0.25) is 0 Å². The molecule has 0 spiro atoms. The van der Waals surface area contributed by atoms with Crippen LogP contribution in [0.15, 0.2) is 48.5 Å². The molecule has 0 aliphatic carbocycles. The maximum absolute atomic E-state index is 10.5. The van der Waals surface area contributed by atoms with E-state index in [1.165, 1.54) is 0 Å². The van der Waals surface area contributed by atoms with Crippen molar-refractivity contribution in [2.24, 2.45) is 0 Å². The van der Waals surface area contributed by atoms with Gasteiger partial charge in [0.05, 0.1) is 7.11 Å². The van der Waals surface area contributed by atoms with Crippen molar-refractivity contribution in [2.45, 2.75) is 6.42 Å². The molecular weight excluding hydrogens is 212 g/mol. The number of methoxy groups -OCH3 is 1. The van der Waals surface area contributed by atoms with Gasteiger partial charge in [-0.15, -0.1) is 0 Å². The van der Waals surface area contributed by atoms with Gasteiger partial charge >= 0.3 is 0 Å². The molecular formula is C15H14O2. The molecule has 0 heterocycles. The molecule has 0 aliphatic rings. The highest BCUT2D eigenvalue weighted by atomic mass is 16.5. The van der Waals surface area contributed by atoms with Crippen LogP contribution in [0.1, 0.15) is 5.56 Å². The number of benzene rings is 2. The van der Waals surface area contributed by atoms with Gasteiger partial charge in [0, 0.05) is 6.42 Å². The van der Waals surface area contributed by atoms with E-state index in [2.05, 4.69) is 0 Å². The molecule has 0 fully saturated rings. The van der Waals surface area contributed by atoms with Crippen LogP contribution in [0, 0.1) is 0 Å². The molecule has 2 aromatic carbocycles. The molecule has 0 amide bonds. The van der Waals surface area contributed by atoms with Crippen LogP contribution in [0.4, 0.5) is 0 Å². The van der Waals surface area contributed by atoms with Gasteiger partial charge in [-0.25, -0.2) is 0 Å². The second kappa shape index (κ2) is 5.30. The van der Waals surface area contributed by atoms with Crippen molar-refractivity contribution < 1.29 is 9.53 Å². The Bertz CT molecular complexity index is 501. The Hall–Kier alpha value is -2.09. The Morgan fingerprint density at radius 1 is 1.06 bits per heavy atom. The maximum Gasteiger partial charge on any atom is 0.124 e. The predicted octanol–water partition coefficient (Wildman–Crippen LogP) is 3.10. The molecule has 0 N–H and O–H groups in total. The Kier molecular flexibility index (Phi) is 3.55. The topological polar surface area (TPSA) is 26.3 Å². The molecule has 2 heteroatoms. The lowest BCUT2D eigenvalue weighted by Gasteiger charge is -2.05. The first-order valence-electron chi connectivity index (χ1n) is 5.50. The summed E-state index contributed by atoms with van der Waals surface area (Å²) >= 11 is 0. The van der Waals surface area contributed by atoms with E-state index in [4.69, 9.17) is 4.74 Å². The van der Waals surface area contributed by atoms with E-state index in [-0.39, 0.29) is 0 Å². The summed E-state index contributed by atoms with van der Waals surface area (Å²) in [5, 5.41) is 0. The minimum Gasteiger partial charge on any atom is -0.497 e. The third-order valence-corrected chi connectivity index (χ3v) is 2.67. The van der Waals surface area contributed by atoms with Crippen molar-refractivity contribution in [2.75, 3.05) is 7.11 Å². The van der Waals surface area contributed by atoms with E-state index < -0.39 is 0 Å². The Morgan fingerprint density at radius 3 is 2.47 bits per heavy atom. The molecule has 0 unspecified atom stereocenters. The number of carbonyl (C=O) groups is 1. The van der Waals surface area contributed by atoms with Crippen molar-refractivity contribution in [1.29, 1.82) is 0 Å². The fourth-order valence-corrected chi connectivity index (χ4v) is 1.76. The van der Waals surface area contributed by atoms with Crippen LogP contribution in [-0.2, 0) is 11.2 Å². The third-order valence-electron chi connectivity index (χ3n) is 2.67. The summed E-state index contributed by atoms with van der Waals surface area (Å²) in [6.45, 7) is 0. The lowest BCUT2D eigenvalue weighted by molar-refractivity contribution is -0.107. The second-order valence-electron chi connectivity index (χ2n) is 3.80. The largest absolute Gasteiger partial charge is 0.497 e. The minimum absolute atomic E-state index is 0.462. The van der Waals surface area contributed by atoms with Crippen LogP contribution in [0.3, 0.4) is 0 Å². The number of rotatable bonds is 4. The summed E-state index contributed by atoms with van der Waals surface area (Å²) in [6, 6.07) is 15.9. The Balaban J connectivity index is 2.31. The van der Waals surface area contributed by atoms with Crippen molar-refractivity contribution in [3.05, 3.63) is 54.1 Å². The highest BCUT2D eigenvalue weighted by molar-refractivity contribution is 5.66. The molecule has 0 atom stereocenters. The van der Waals surface area contributed by atoms with Gasteiger partial charge in [-0.2, -0.15) is 0 Å². The van der Waals surface area contributed by atoms with Crippen LogP contribution < -0.4 is 4.74 Å². The van der Waals surface area contributed by atoms with E-state index in [1.54, 1.807) is 7.11 Å². The number of aldehydes is 1. The molecule has 0 aliphatic heterocycles. The lowest BCUT2D eigenvalue weighted by atomic mass is 10.0. The molecule has 2 nitrogen and oxygen atoms in total. The molecule has 2 rings (SSSR count). The molecule has 86 valence electrons. The Labute approximate surface area is 101 Å². The van der Waals surface area contributed by atoms with Gasteiger partial charge in [-0.05, 0) is 28.8 Å². The zero-order valence-corrected chi connectivity index (χ0v) is 9.72. The summed E-state index contributed by atoms with van der Waals surface area (Å²) in [5.41, 5.74) is 3.28. The number of carbonyl (C=O) groups excluding carboxylic acids is 1. The van der Waals surface area contributed by atoms with Crippen LogP contribution >= 0.6 is 0 Å². The van der Waals surface area contributed by atoms with Gasteiger partial charge in [0.25, 0.3) is 0 Å². The molecule has 2 aromatic rings. The molecule has 0 saturated carbocycles. The molecule has 17 heavy (non-hydrogen) atoms. The van der Waals surface area contributed by atoms with Gasteiger partial charge in [0.1, 0.15) is 12.0 Å². The maximum atomic E-state index is 10.5. The first-order chi connectivity index (χ1) is 8.33. The molecule has 0 saturated heterocycles. The quantitative estimate of drug-likeness (QED) is 0.749. The first kappa shape index (κ1) is 11.4. The van der Waals surface area contributed by atoms with Gasteiger partial charge in [0.15, 0.2) is 0 Å². The predicted molar refractivity (Wildman–Crippen MR) is 68.2 cm³/mol. The summed E-state index contributed by atoms with van der Waals surface area (Å²) in [4.78, 5) is 10.5. The van der Waals surface area contributed by atoms with Gasteiger partial charge in [-0.3, -0.25) is 0 Å². The highest BCUT2D eigenvalue weighted by Gasteiger charge is 1.99. The standard InChI is InChI=1S/C15H14O2/c1-17-15-7-5-13(6-8-15)14-4-2-3-12(11-14)9-10-16/h2-8,10-11H,9H2,1H3. The van der Waals surface area contributed by atoms with E-state index in [0.29, 0.717) is 6.42 Å². The monoisotopic (exact) mass is 226 g/mol. The number of ether oxygens (including phenoxy) is 1. The average Bonchev–Trinajstić information content (AvgIpc) is 2.40. The number of hydrogen-bond acceptors (Lipinski definition) is 2. The molecule has 0 bridgehead atoms. The van der Waals surface area contributed by atoms with E-state index in [1.807, 2.05) is 48.5 Å². The number of hydrogen-bond donors (Lipinski definition) is 0. The second-order valence-corrected chi connectivity index (χ2v) is 3.80. The zero-order valence-electron chi connectivity index (χ0n) is 9.72. The van der Waals surface area contributed by atoms with Crippen LogP contribution in [-0.4, -0.2) is 13.4 Å². The normalized spacial score (nSPS) is 9.94. The Morgan fingerprint density at radius 2 is 1.82 bits per heavy atom. The van der Waals surface area contributed by atoms with Crippen LogP contribution in [0.25, 0.3) is 11.1 Å². The minimum atomic E-state index is 0.462. The summed E-state index contributed by atoms with van der Waals surface area (Å²) < 4.78 is 5.12. The van der Waals surface area contributed by atoms with Gasteiger partial charge in [0.2, 0.25) is 0 Å². The highest BCUT2D eigenvalue weighted by Crippen LogP contribution is 2.23. The van der Waals surface area contributed by atoms with Crippen molar-refractivity contribution >= 4 is 6.29 Å². The third kappa shape index (κ3) is 2.72. The van der Waals surface area contributed by atoms with E-state index >= 15 is 0 Å². The first-order valence-corrected chi connectivity index (χ1v) is 5.50. The van der Waals surface area contributed by atoms with Gasteiger partial charge in [-0.1, -0.05) is 36.4 Å². The van der Waals surface area contributed by atoms with Crippen molar-refractivity contribution in [3.8, 4) is 16.9 Å². The fourth-order valence-electron chi connectivity index (χ4n) is 1.76. The average molecular weight is 226 g/mol. The lowest BCUT2D eigenvalue weighted by Crippen LogP contribution is -1.87. The van der Waals surface area contributed by atoms with E-state index in [0.717, 1.165) is 28.7 Å². The van der Waals surface area contributed by atoms with Gasteiger partial charge < -0.3 is 9.53 Å². The van der Waals surface area contributed by atoms with Crippen molar-refractivity contribution in [3.63, 3.8) is 0 Å². The summed E-state index contributed by atoms with van der Waals surface area (Å²) in [7, 11) is 1.65. The summed E-state index contributed by atoms with van der Waals surface area (Å²) in [6.07, 6.45) is 1.39. The SMILES string of the molecule is COc1ccc(-c2cccc(CC=O)c2)cc1. The van der Waals surface area contributed by atoms with Crippen molar-refractivity contribution in [1.82, 2.24) is 0 Å². The fraction of sp³-hybridized carbons (Fsp3) is 0.133. The molecule has 0 radical (unpaired) electrons. The zero-order chi connectivity index (χ0) is 12.1. The van der Waals surface area contributed by atoms with Crippen LogP contribution in [0.5, 0.6) is 5.75 Å². The van der Waals surface area contributed by atoms with E-state index in [9.17, 15) is 4.79 Å². The smallest absolute Gasteiger partial charge is 0.124 e. The molecule has 0 aromatic heterocycles. The summed E-state index contributed by atoms with van der Waals surface area (Å²) in [5.74, 6) is 0.845.